The quantitative estimate of drug-likeness (QED) is 0.893. The van der Waals surface area contributed by atoms with Crippen LogP contribution in [0, 0.1) is 0 Å². The van der Waals surface area contributed by atoms with E-state index in [-0.39, 0.29) is 0 Å². The summed E-state index contributed by atoms with van der Waals surface area (Å²) in [5, 5.41) is 9.72. The number of carboxylic acids is 1. The van der Waals surface area contributed by atoms with Crippen LogP contribution in [0.4, 0.5) is 0 Å². The molecule has 82 valence electrons. The van der Waals surface area contributed by atoms with Gasteiger partial charge in [0.05, 0.1) is 10.0 Å². The molecule has 1 N–H and O–H groups in total. The highest BCUT2D eigenvalue weighted by Crippen LogP contribution is 2.31. The smallest absolute Gasteiger partial charge is 0.325 e. The van der Waals surface area contributed by atoms with Gasteiger partial charge < -0.3 is 5.11 Å². The van der Waals surface area contributed by atoms with Crippen molar-refractivity contribution < 1.29 is 9.90 Å². The zero-order valence-corrected chi connectivity index (χ0v) is 9.88. The van der Waals surface area contributed by atoms with Crippen LogP contribution in [0.25, 0.3) is 0 Å². The SMILES string of the molecule is CN(C)[C@@H](C(=O)O)c1cccc(Cl)c1Cl. The van der Waals surface area contributed by atoms with Gasteiger partial charge in [-0.3, -0.25) is 9.69 Å². The Bertz CT molecular complexity index is 380. The zero-order chi connectivity index (χ0) is 11.6. The second-order valence-electron chi connectivity index (χ2n) is 3.35. The summed E-state index contributed by atoms with van der Waals surface area (Å²) in [6.45, 7) is 0. The standard InChI is InChI=1S/C10H11Cl2NO2/c1-13(2)9(10(14)15)6-4-3-5-7(11)8(6)12/h3-5,9H,1-2H3,(H,14,15)/t9-/m1/s1. The number of carboxylic acid groups (broad SMARTS) is 1. The van der Waals surface area contributed by atoms with Crippen molar-refractivity contribution in [2.24, 2.45) is 0 Å². The Morgan fingerprint density at radius 3 is 2.47 bits per heavy atom. The Balaban J connectivity index is 3.23. The van der Waals surface area contributed by atoms with Crippen LogP contribution in [0.5, 0.6) is 0 Å². The van der Waals surface area contributed by atoms with Crippen molar-refractivity contribution in [1.29, 1.82) is 0 Å². The topological polar surface area (TPSA) is 40.5 Å². The molecule has 0 aliphatic heterocycles. The van der Waals surface area contributed by atoms with Crippen molar-refractivity contribution >= 4 is 29.2 Å². The molecule has 0 fully saturated rings. The predicted molar refractivity (Wildman–Crippen MR) is 60.5 cm³/mol. The summed E-state index contributed by atoms with van der Waals surface area (Å²) in [7, 11) is 3.35. The first-order valence-corrected chi connectivity index (χ1v) is 5.04. The number of benzene rings is 1. The van der Waals surface area contributed by atoms with Crippen LogP contribution >= 0.6 is 23.2 Å². The second-order valence-corrected chi connectivity index (χ2v) is 4.13. The van der Waals surface area contributed by atoms with Crippen LogP contribution in [-0.4, -0.2) is 30.1 Å². The molecular weight excluding hydrogens is 237 g/mol. The van der Waals surface area contributed by atoms with E-state index in [0.717, 1.165) is 0 Å². The predicted octanol–water partition coefficient (Wildman–Crippen LogP) is 2.68. The van der Waals surface area contributed by atoms with E-state index in [9.17, 15) is 4.79 Å². The molecule has 1 rings (SSSR count). The van der Waals surface area contributed by atoms with Gasteiger partial charge in [0, 0.05) is 5.56 Å². The molecule has 0 aliphatic rings. The van der Waals surface area contributed by atoms with Crippen molar-refractivity contribution in [2.45, 2.75) is 6.04 Å². The number of nitrogens with zero attached hydrogens (tertiary/aromatic N) is 1. The van der Waals surface area contributed by atoms with E-state index in [1.807, 2.05) is 0 Å². The molecule has 15 heavy (non-hydrogen) atoms. The highest BCUT2D eigenvalue weighted by Gasteiger charge is 2.25. The normalized spacial score (nSPS) is 12.9. The molecule has 0 unspecified atom stereocenters. The number of hydrogen-bond acceptors (Lipinski definition) is 2. The maximum atomic E-state index is 11.1. The summed E-state index contributed by atoms with van der Waals surface area (Å²) >= 11 is 11.8. The van der Waals surface area contributed by atoms with E-state index in [2.05, 4.69) is 0 Å². The highest BCUT2D eigenvalue weighted by atomic mass is 35.5. The van der Waals surface area contributed by atoms with Crippen LogP contribution in [0.1, 0.15) is 11.6 Å². The lowest BCUT2D eigenvalue weighted by Crippen LogP contribution is -2.27. The third-order valence-electron chi connectivity index (χ3n) is 2.03. The summed E-state index contributed by atoms with van der Waals surface area (Å²) in [5.41, 5.74) is 0.502. The molecule has 5 heteroatoms. The van der Waals surface area contributed by atoms with E-state index in [1.165, 1.54) is 0 Å². The third kappa shape index (κ3) is 2.62. The Labute approximate surface area is 98.2 Å². The Kier molecular flexibility index (Phi) is 3.97. The van der Waals surface area contributed by atoms with Crippen molar-refractivity contribution in [1.82, 2.24) is 4.90 Å². The zero-order valence-electron chi connectivity index (χ0n) is 8.37. The molecular formula is C10H11Cl2NO2. The van der Waals surface area contributed by atoms with Crippen LogP contribution in [0.15, 0.2) is 18.2 Å². The number of halogens is 2. The first-order valence-electron chi connectivity index (χ1n) is 4.28. The fourth-order valence-corrected chi connectivity index (χ4v) is 1.77. The molecule has 0 saturated heterocycles. The van der Waals surface area contributed by atoms with Crippen molar-refractivity contribution in [3.63, 3.8) is 0 Å². The first kappa shape index (κ1) is 12.3. The summed E-state index contributed by atoms with van der Waals surface area (Å²) in [5.74, 6) is -0.954. The maximum Gasteiger partial charge on any atom is 0.325 e. The van der Waals surface area contributed by atoms with Gasteiger partial charge in [0.15, 0.2) is 0 Å². The molecule has 0 aromatic heterocycles. The molecule has 0 amide bonds. The van der Waals surface area contributed by atoms with Crippen LogP contribution in [0.3, 0.4) is 0 Å². The van der Waals surface area contributed by atoms with Crippen LogP contribution in [0.2, 0.25) is 10.0 Å². The number of likely N-dealkylation sites (N-methyl/N-ethyl adjacent to an activating group) is 1. The maximum absolute atomic E-state index is 11.1. The van der Waals surface area contributed by atoms with Crippen molar-refractivity contribution in [3.8, 4) is 0 Å². The fourth-order valence-electron chi connectivity index (χ4n) is 1.36. The second kappa shape index (κ2) is 4.84. The van der Waals surface area contributed by atoms with Gasteiger partial charge in [0.1, 0.15) is 6.04 Å². The van der Waals surface area contributed by atoms with Crippen molar-refractivity contribution in [3.05, 3.63) is 33.8 Å². The average Bonchev–Trinajstić information content (AvgIpc) is 2.11. The van der Waals surface area contributed by atoms with Gasteiger partial charge in [0.2, 0.25) is 0 Å². The number of hydrogen-bond donors (Lipinski definition) is 1. The molecule has 0 bridgehead atoms. The van der Waals surface area contributed by atoms with E-state index in [4.69, 9.17) is 28.3 Å². The molecule has 0 heterocycles. The Morgan fingerprint density at radius 2 is 2.00 bits per heavy atom. The van der Waals surface area contributed by atoms with Gasteiger partial charge in [-0.1, -0.05) is 35.3 Å². The first-order chi connectivity index (χ1) is 6.95. The third-order valence-corrected chi connectivity index (χ3v) is 2.86. The number of rotatable bonds is 3. The monoisotopic (exact) mass is 247 g/mol. The van der Waals surface area contributed by atoms with Crippen LogP contribution < -0.4 is 0 Å². The summed E-state index contributed by atoms with van der Waals surface area (Å²) < 4.78 is 0. The van der Waals surface area contributed by atoms with Gasteiger partial charge in [-0.2, -0.15) is 0 Å². The minimum atomic E-state index is -0.954. The highest BCUT2D eigenvalue weighted by molar-refractivity contribution is 6.42. The van der Waals surface area contributed by atoms with E-state index in [1.54, 1.807) is 37.2 Å². The summed E-state index contributed by atoms with van der Waals surface area (Å²) in [6, 6.07) is 4.19. The molecule has 1 atom stereocenters. The minimum Gasteiger partial charge on any atom is -0.480 e. The van der Waals surface area contributed by atoms with E-state index in [0.29, 0.717) is 15.6 Å². The van der Waals surface area contributed by atoms with Gasteiger partial charge in [-0.05, 0) is 20.2 Å². The molecule has 0 aliphatic carbocycles. The van der Waals surface area contributed by atoms with Gasteiger partial charge in [-0.25, -0.2) is 0 Å². The van der Waals surface area contributed by atoms with Gasteiger partial charge >= 0.3 is 5.97 Å². The molecule has 0 radical (unpaired) electrons. The van der Waals surface area contributed by atoms with Gasteiger partial charge in [-0.15, -0.1) is 0 Å². The summed E-state index contributed by atoms with van der Waals surface area (Å²) in [4.78, 5) is 12.6. The van der Waals surface area contributed by atoms with Crippen LogP contribution in [-0.2, 0) is 4.79 Å². The molecule has 0 saturated carbocycles. The lowest BCUT2D eigenvalue weighted by atomic mass is 10.1. The minimum absolute atomic E-state index is 0.292. The number of aliphatic carboxylic acids is 1. The Morgan fingerprint density at radius 1 is 1.40 bits per heavy atom. The fraction of sp³-hybridized carbons (Fsp3) is 0.300. The van der Waals surface area contributed by atoms with Crippen molar-refractivity contribution in [2.75, 3.05) is 14.1 Å². The summed E-state index contributed by atoms with van der Waals surface area (Å²) in [6.07, 6.45) is 0. The average molecular weight is 248 g/mol. The van der Waals surface area contributed by atoms with Gasteiger partial charge in [0.25, 0.3) is 0 Å². The Hall–Kier alpha value is -0.770. The molecule has 3 nitrogen and oxygen atoms in total. The molecule has 0 spiro atoms. The lowest BCUT2D eigenvalue weighted by Gasteiger charge is -2.21. The molecule has 1 aromatic carbocycles. The van der Waals surface area contributed by atoms with E-state index >= 15 is 0 Å². The number of carbonyl (C=O) groups is 1. The largest absolute Gasteiger partial charge is 0.480 e. The molecule has 1 aromatic rings. The lowest BCUT2D eigenvalue weighted by molar-refractivity contribution is -0.142. The van der Waals surface area contributed by atoms with E-state index < -0.39 is 12.0 Å².